The molecule has 1 heteroatoms. The van der Waals surface area contributed by atoms with Gasteiger partial charge in [-0.1, -0.05) is 37.6 Å². The number of rotatable bonds is 2. The molecule has 0 aromatic carbocycles. The van der Waals surface area contributed by atoms with Crippen molar-refractivity contribution in [3.05, 3.63) is 23.8 Å². The van der Waals surface area contributed by atoms with Gasteiger partial charge >= 0.3 is 0 Å². The Morgan fingerprint density at radius 3 is 2.70 bits per heavy atom. The summed E-state index contributed by atoms with van der Waals surface area (Å²) in [5, 5.41) is 0. The molecule has 0 N–H and O–H groups in total. The summed E-state index contributed by atoms with van der Waals surface area (Å²) in [5.41, 5.74) is 1.59. The van der Waals surface area contributed by atoms with Crippen molar-refractivity contribution in [2.45, 2.75) is 26.7 Å². The monoisotopic (exact) mass is 263 g/mol. The van der Waals surface area contributed by atoms with Crippen LogP contribution in [0.2, 0.25) is 0 Å². The molecule has 1 aliphatic carbocycles. The molecule has 1 rings (SSSR count). The summed E-state index contributed by atoms with van der Waals surface area (Å²) in [6.45, 7) is 4.53. The van der Waals surface area contributed by atoms with Gasteiger partial charge in [0, 0.05) is 41.3 Å². The Morgan fingerprint density at radius 1 is 1.60 bits per heavy atom. The van der Waals surface area contributed by atoms with Crippen molar-refractivity contribution < 1.29 is 41.3 Å². The molecule has 0 aromatic heterocycles. The maximum Gasteiger partial charge on any atom is 0 e. The first-order chi connectivity index (χ1) is 4.34. The van der Waals surface area contributed by atoms with Gasteiger partial charge in [-0.25, -0.2) is 0 Å². The molecule has 53 valence electrons. The summed E-state index contributed by atoms with van der Waals surface area (Å²) in [5.74, 6) is 0.792. The van der Waals surface area contributed by atoms with Crippen LogP contribution in [0, 0.1) is 47.2 Å². The van der Waals surface area contributed by atoms with E-state index in [1.54, 1.807) is 5.57 Å². The second-order valence-corrected chi connectivity index (χ2v) is 2.68. The first-order valence-corrected chi connectivity index (χ1v) is 3.70. The Balaban J connectivity index is 0.000000810. The largest absolute Gasteiger partial charge is 0.0805 e. The predicted octanol–water partition coefficient (Wildman–Crippen LogP) is 2.92. The van der Waals surface area contributed by atoms with Gasteiger partial charge in [0.2, 0.25) is 0 Å². The topological polar surface area (TPSA) is 0 Å². The normalized spacial score (nSPS) is 18.0. The number of allylic oxidation sites excluding steroid dienone is 4. The van der Waals surface area contributed by atoms with Crippen molar-refractivity contribution >= 4 is 0 Å². The van der Waals surface area contributed by atoms with Crippen LogP contribution in [0.25, 0.3) is 0 Å². The molecular formula is C9H14Pr. The van der Waals surface area contributed by atoms with Crippen LogP contribution < -0.4 is 0 Å². The van der Waals surface area contributed by atoms with E-state index in [0.29, 0.717) is 0 Å². The maximum absolute atomic E-state index is 2.29. The minimum Gasteiger partial charge on any atom is -0.0805 e. The molecular weight excluding hydrogens is 249 g/mol. The van der Waals surface area contributed by atoms with E-state index in [2.05, 4.69) is 32.1 Å². The minimum atomic E-state index is 0. The first kappa shape index (κ1) is 10.8. The molecule has 0 heterocycles. The van der Waals surface area contributed by atoms with Crippen LogP contribution in [-0.4, -0.2) is 0 Å². The van der Waals surface area contributed by atoms with Crippen LogP contribution in [0.3, 0.4) is 0 Å². The molecule has 0 aliphatic heterocycles. The van der Waals surface area contributed by atoms with Gasteiger partial charge in [-0.3, -0.25) is 0 Å². The summed E-state index contributed by atoms with van der Waals surface area (Å²) < 4.78 is 0. The van der Waals surface area contributed by atoms with Gasteiger partial charge in [0.1, 0.15) is 0 Å². The molecule has 0 aromatic rings. The van der Waals surface area contributed by atoms with Crippen molar-refractivity contribution in [2.75, 3.05) is 0 Å². The van der Waals surface area contributed by atoms with Crippen molar-refractivity contribution in [1.82, 2.24) is 0 Å². The molecule has 1 unspecified atom stereocenters. The molecule has 1 radical (unpaired) electrons. The summed E-state index contributed by atoms with van der Waals surface area (Å²) in [7, 11) is 0. The van der Waals surface area contributed by atoms with E-state index in [9.17, 15) is 0 Å². The molecule has 0 fully saturated rings. The Hall–Kier alpha value is 0.844. The zero-order valence-electron chi connectivity index (χ0n) is 6.80. The van der Waals surface area contributed by atoms with Crippen molar-refractivity contribution in [3.63, 3.8) is 0 Å². The van der Waals surface area contributed by atoms with Crippen molar-refractivity contribution in [3.8, 4) is 0 Å². The van der Waals surface area contributed by atoms with Gasteiger partial charge < -0.3 is 0 Å². The second kappa shape index (κ2) is 5.49. The van der Waals surface area contributed by atoms with Crippen LogP contribution in [0.1, 0.15) is 26.7 Å². The van der Waals surface area contributed by atoms with E-state index >= 15 is 0 Å². The average Bonchev–Trinajstić information content (AvgIpc) is 2.37. The maximum atomic E-state index is 2.29. The fraction of sp³-hybridized carbons (Fsp3) is 0.556. The molecule has 0 saturated carbocycles. The Morgan fingerprint density at radius 2 is 2.30 bits per heavy atom. The van der Waals surface area contributed by atoms with E-state index < -0.39 is 0 Å². The van der Waals surface area contributed by atoms with Crippen molar-refractivity contribution in [1.29, 1.82) is 0 Å². The van der Waals surface area contributed by atoms with Crippen LogP contribution in [0.15, 0.2) is 23.8 Å². The quantitative estimate of drug-likeness (QED) is 0.718. The summed E-state index contributed by atoms with van der Waals surface area (Å²) in [4.78, 5) is 0. The molecule has 0 nitrogen and oxygen atoms in total. The Bertz CT molecular complexity index is 145. The Labute approximate surface area is 96.7 Å². The van der Waals surface area contributed by atoms with Crippen LogP contribution in [0.5, 0.6) is 0 Å². The van der Waals surface area contributed by atoms with Crippen LogP contribution in [-0.2, 0) is 0 Å². The molecule has 0 bridgehead atoms. The van der Waals surface area contributed by atoms with Gasteiger partial charge in [-0.05, 0) is 18.8 Å². The fourth-order valence-corrected chi connectivity index (χ4v) is 1.09. The van der Waals surface area contributed by atoms with Gasteiger partial charge in [0.05, 0.1) is 0 Å². The third-order valence-electron chi connectivity index (χ3n) is 2.05. The molecule has 1 atom stereocenters. The molecule has 1 aliphatic rings. The van der Waals surface area contributed by atoms with Gasteiger partial charge in [-0.15, -0.1) is 0 Å². The SMILES string of the molecule is CCC(C)C1=CC=CC1.[Pr]. The summed E-state index contributed by atoms with van der Waals surface area (Å²) in [6, 6.07) is 0. The van der Waals surface area contributed by atoms with Crippen molar-refractivity contribution in [2.24, 2.45) is 5.92 Å². The smallest absolute Gasteiger partial charge is 0 e. The van der Waals surface area contributed by atoms with Gasteiger partial charge in [0.15, 0.2) is 0 Å². The standard InChI is InChI=1S/C9H14.Pr/c1-3-8(2)9-6-4-5-7-9;/h4-6,8H,3,7H2,1-2H3;. The third kappa shape index (κ3) is 2.84. The molecule has 10 heavy (non-hydrogen) atoms. The second-order valence-electron chi connectivity index (χ2n) is 2.68. The van der Waals surface area contributed by atoms with Gasteiger partial charge in [-0.2, -0.15) is 0 Å². The summed E-state index contributed by atoms with van der Waals surface area (Å²) in [6.07, 6.45) is 9.08. The first-order valence-electron chi connectivity index (χ1n) is 3.70. The van der Waals surface area contributed by atoms with Crippen LogP contribution in [0.4, 0.5) is 0 Å². The van der Waals surface area contributed by atoms with E-state index in [0.717, 1.165) is 5.92 Å². The van der Waals surface area contributed by atoms with E-state index in [-0.39, 0.29) is 41.3 Å². The fourth-order valence-electron chi connectivity index (χ4n) is 1.09. The molecule has 0 saturated heterocycles. The summed E-state index contributed by atoms with van der Waals surface area (Å²) >= 11 is 0. The van der Waals surface area contributed by atoms with E-state index in [4.69, 9.17) is 0 Å². The minimum absolute atomic E-state index is 0. The predicted molar refractivity (Wildman–Crippen MR) is 41.3 cm³/mol. The molecule has 0 spiro atoms. The number of hydrogen-bond acceptors (Lipinski definition) is 0. The van der Waals surface area contributed by atoms with E-state index in [1.165, 1.54) is 12.8 Å². The Kier molecular flexibility index (Phi) is 5.95. The number of hydrogen-bond donors (Lipinski definition) is 0. The molecule has 0 amide bonds. The van der Waals surface area contributed by atoms with Gasteiger partial charge in [0.25, 0.3) is 0 Å². The van der Waals surface area contributed by atoms with Crippen LogP contribution >= 0.6 is 0 Å². The zero-order chi connectivity index (χ0) is 6.69. The average molecular weight is 263 g/mol. The van der Waals surface area contributed by atoms with E-state index in [1.807, 2.05) is 0 Å². The zero-order valence-corrected chi connectivity index (χ0v) is 10.5. The third-order valence-corrected chi connectivity index (χ3v) is 2.05.